The summed E-state index contributed by atoms with van der Waals surface area (Å²) in [4.78, 5) is 0.964. The van der Waals surface area contributed by atoms with E-state index in [9.17, 15) is 10.5 Å². The summed E-state index contributed by atoms with van der Waals surface area (Å²) in [7, 11) is 0. The van der Waals surface area contributed by atoms with Crippen molar-refractivity contribution in [1.82, 2.24) is 0 Å². The molecule has 0 radical (unpaired) electrons. The summed E-state index contributed by atoms with van der Waals surface area (Å²) in [6, 6.07) is 6.68. The van der Waals surface area contributed by atoms with Crippen LogP contribution in [0.1, 0.15) is 75.5 Å². The lowest BCUT2D eigenvalue weighted by Crippen LogP contribution is -2.23. The lowest BCUT2D eigenvalue weighted by Gasteiger charge is -2.28. The minimum Gasteiger partial charge on any atom is -0.489 e. The average Bonchev–Trinajstić information content (AvgIpc) is 2.72. The third-order valence-corrected chi connectivity index (χ3v) is 7.28. The van der Waals surface area contributed by atoms with E-state index in [2.05, 4.69) is 44.2 Å². The van der Waals surface area contributed by atoms with E-state index in [-0.39, 0.29) is 6.10 Å². The number of ether oxygens (including phenoxy) is 1. The van der Waals surface area contributed by atoms with Gasteiger partial charge < -0.3 is 4.74 Å². The Labute approximate surface area is 173 Å². The molecule has 0 spiro atoms. The van der Waals surface area contributed by atoms with E-state index >= 15 is 0 Å². The summed E-state index contributed by atoms with van der Waals surface area (Å²) in [5.74, 6) is 3.13. The summed E-state index contributed by atoms with van der Waals surface area (Å²) in [5.41, 5.74) is 2.05. The first-order valence-corrected chi connectivity index (χ1v) is 11.6. The fraction of sp³-hybridized carbons (Fsp3) is 0.583. The zero-order valence-corrected chi connectivity index (χ0v) is 17.9. The molecule has 1 atom stereocenters. The zero-order valence-electron chi connectivity index (χ0n) is 17.0. The SMILES string of the molecule is C/C=C/C1CCC(CSc2cc3c(c(C#N)c2C#N)OC(CCC)CC3)CC1. The maximum atomic E-state index is 9.75. The summed E-state index contributed by atoms with van der Waals surface area (Å²) in [6.07, 6.45) is 13.7. The van der Waals surface area contributed by atoms with Gasteiger partial charge in [0.25, 0.3) is 0 Å². The molecule has 2 aliphatic rings. The molecule has 28 heavy (non-hydrogen) atoms. The lowest BCUT2D eigenvalue weighted by molar-refractivity contribution is 0.162. The molecule has 1 aromatic carbocycles. The van der Waals surface area contributed by atoms with Crippen molar-refractivity contribution >= 4 is 11.8 Å². The van der Waals surface area contributed by atoms with Crippen LogP contribution in [0.5, 0.6) is 5.75 Å². The van der Waals surface area contributed by atoms with E-state index in [0.717, 1.165) is 47.8 Å². The maximum Gasteiger partial charge on any atom is 0.142 e. The molecular formula is C24H30N2OS. The Morgan fingerprint density at radius 1 is 1.14 bits per heavy atom. The van der Waals surface area contributed by atoms with Crippen molar-refractivity contribution in [2.75, 3.05) is 5.75 Å². The number of benzene rings is 1. The second kappa shape index (κ2) is 10.0. The van der Waals surface area contributed by atoms with Crippen LogP contribution in [0.15, 0.2) is 23.1 Å². The van der Waals surface area contributed by atoms with Crippen molar-refractivity contribution in [2.45, 2.75) is 76.2 Å². The first-order chi connectivity index (χ1) is 13.7. The lowest BCUT2D eigenvalue weighted by atomic mass is 9.83. The third-order valence-electron chi connectivity index (χ3n) is 6.01. The Balaban J connectivity index is 1.74. The molecule has 1 heterocycles. The quantitative estimate of drug-likeness (QED) is 0.414. The second-order valence-electron chi connectivity index (χ2n) is 8.02. The van der Waals surface area contributed by atoms with Gasteiger partial charge in [-0.25, -0.2) is 0 Å². The van der Waals surface area contributed by atoms with Gasteiger partial charge in [-0.05, 0) is 75.3 Å². The Kier molecular flexibility index (Phi) is 7.46. The van der Waals surface area contributed by atoms with Crippen LogP contribution in [0.25, 0.3) is 0 Å². The van der Waals surface area contributed by atoms with Crippen LogP contribution in [-0.4, -0.2) is 11.9 Å². The highest BCUT2D eigenvalue weighted by atomic mass is 32.2. The number of thioether (sulfide) groups is 1. The summed E-state index contributed by atoms with van der Waals surface area (Å²) in [5, 5.41) is 19.5. The van der Waals surface area contributed by atoms with Crippen molar-refractivity contribution in [2.24, 2.45) is 11.8 Å². The summed E-state index contributed by atoms with van der Waals surface area (Å²) >= 11 is 1.76. The minimum atomic E-state index is 0.169. The number of hydrogen-bond donors (Lipinski definition) is 0. The molecule has 1 aliphatic heterocycles. The van der Waals surface area contributed by atoms with Crippen molar-refractivity contribution in [1.29, 1.82) is 10.5 Å². The Morgan fingerprint density at radius 2 is 1.89 bits per heavy atom. The number of nitriles is 2. The zero-order chi connectivity index (χ0) is 19.9. The van der Waals surface area contributed by atoms with Crippen molar-refractivity contribution < 1.29 is 4.74 Å². The molecule has 0 bridgehead atoms. The van der Waals surface area contributed by atoms with Gasteiger partial charge in [0.2, 0.25) is 0 Å². The van der Waals surface area contributed by atoms with Crippen molar-refractivity contribution in [3.8, 4) is 17.9 Å². The van der Waals surface area contributed by atoms with Crippen LogP contribution in [0, 0.1) is 34.5 Å². The molecule has 3 rings (SSSR count). The highest BCUT2D eigenvalue weighted by Gasteiger charge is 2.27. The van der Waals surface area contributed by atoms with Crippen molar-refractivity contribution in [3.05, 3.63) is 34.9 Å². The number of rotatable bonds is 6. The number of hydrogen-bond acceptors (Lipinski definition) is 4. The monoisotopic (exact) mass is 394 g/mol. The minimum absolute atomic E-state index is 0.169. The highest BCUT2D eigenvalue weighted by molar-refractivity contribution is 7.99. The van der Waals surface area contributed by atoms with Gasteiger partial charge in [0.15, 0.2) is 0 Å². The molecule has 1 unspecified atom stereocenters. The van der Waals surface area contributed by atoms with Crippen LogP contribution in [0.3, 0.4) is 0 Å². The van der Waals surface area contributed by atoms with Crippen LogP contribution in [-0.2, 0) is 6.42 Å². The predicted molar refractivity (Wildman–Crippen MR) is 115 cm³/mol. The number of nitrogens with zero attached hydrogens (tertiary/aromatic N) is 2. The molecule has 1 saturated carbocycles. The van der Waals surface area contributed by atoms with Crippen LogP contribution in [0.4, 0.5) is 0 Å². The van der Waals surface area contributed by atoms with E-state index in [4.69, 9.17) is 4.74 Å². The standard InChI is InChI=1S/C24H30N2OS/c1-3-5-17-7-9-18(10-8-17)16-28-23-13-19-11-12-20(6-4-2)27-24(19)22(15-26)21(23)14-25/h3,5,13,17-18,20H,4,6-12,16H2,1-2H3/b5-3+. The number of aryl methyl sites for hydroxylation is 1. The molecule has 1 fully saturated rings. The van der Waals surface area contributed by atoms with E-state index in [0.29, 0.717) is 22.8 Å². The second-order valence-corrected chi connectivity index (χ2v) is 9.08. The smallest absolute Gasteiger partial charge is 0.142 e. The molecule has 1 aromatic rings. The normalized spacial score (nSPS) is 24.2. The number of fused-ring (bicyclic) bond motifs is 1. The van der Waals surface area contributed by atoms with E-state index < -0.39 is 0 Å². The van der Waals surface area contributed by atoms with Gasteiger partial charge in [0.05, 0.1) is 11.7 Å². The Bertz CT molecular complexity index is 794. The van der Waals surface area contributed by atoms with Crippen LogP contribution < -0.4 is 4.74 Å². The first-order valence-electron chi connectivity index (χ1n) is 10.6. The number of allylic oxidation sites excluding steroid dienone is 2. The highest BCUT2D eigenvalue weighted by Crippen LogP contribution is 2.41. The van der Waals surface area contributed by atoms with Crippen molar-refractivity contribution in [3.63, 3.8) is 0 Å². The molecule has 0 saturated heterocycles. The van der Waals surface area contributed by atoms with E-state index in [1.54, 1.807) is 11.8 Å². The molecule has 4 heteroatoms. The van der Waals surface area contributed by atoms with E-state index in [1.165, 1.54) is 25.7 Å². The molecule has 0 N–H and O–H groups in total. The van der Waals surface area contributed by atoms with Gasteiger partial charge in [-0.1, -0.05) is 25.5 Å². The Hall–Kier alpha value is -1.91. The molecule has 148 valence electrons. The van der Waals surface area contributed by atoms with Gasteiger partial charge >= 0.3 is 0 Å². The summed E-state index contributed by atoms with van der Waals surface area (Å²) in [6.45, 7) is 4.25. The third kappa shape index (κ3) is 4.73. The molecule has 3 nitrogen and oxygen atoms in total. The fourth-order valence-corrected chi connectivity index (χ4v) is 5.71. The van der Waals surface area contributed by atoms with Gasteiger partial charge in [-0.15, -0.1) is 11.8 Å². The topological polar surface area (TPSA) is 56.8 Å². The maximum absolute atomic E-state index is 9.75. The van der Waals surface area contributed by atoms with Gasteiger partial charge in [0, 0.05) is 10.6 Å². The predicted octanol–water partition coefficient (Wildman–Crippen LogP) is 6.40. The fourth-order valence-electron chi connectivity index (χ4n) is 4.44. The first kappa shape index (κ1) is 20.8. The Morgan fingerprint density at radius 3 is 2.54 bits per heavy atom. The molecule has 0 aromatic heterocycles. The van der Waals surface area contributed by atoms with Gasteiger partial charge in [-0.2, -0.15) is 10.5 Å². The summed E-state index contributed by atoms with van der Waals surface area (Å²) < 4.78 is 6.13. The molecular weight excluding hydrogens is 364 g/mol. The van der Waals surface area contributed by atoms with Gasteiger partial charge in [0.1, 0.15) is 23.5 Å². The van der Waals surface area contributed by atoms with Crippen LogP contribution >= 0.6 is 11.8 Å². The molecule has 0 amide bonds. The molecule has 1 aliphatic carbocycles. The van der Waals surface area contributed by atoms with E-state index in [1.807, 2.05) is 0 Å². The largest absolute Gasteiger partial charge is 0.489 e. The van der Waals surface area contributed by atoms with Gasteiger partial charge in [-0.3, -0.25) is 0 Å². The average molecular weight is 395 g/mol. The van der Waals surface area contributed by atoms with Crippen LogP contribution in [0.2, 0.25) is 0 Å².